The van der Waals surface area contributed by atoms with Gasteiger partial charge in [-0.3, -0.25) is 24.0 Å². The molecule has 0 aliphatic heterocycles. The van der Waals surface area contributed by atoms with Crippen molar-refractivity contribution in [1.82, 2.24) is 10.8 Å². The summed E-state index contributed by atoms with van der Waals surface area (Å²) in [4.78, 5) is 59.6. The molecule has 0 spiro atoms. The van der Waals surface area contributed by atoms with Crippen LogP contribution in [-0.2, 0) is 33.4 Å². The molecule has 4 fully saturated rings. The Balaban J connectivity index is 1.16. The van der Waals surface area contributed by atoms with Gasteiger partial charge in [-0.15, -0.1) is 0 Å². The van der Waals surface area contributed by atoms with E-state index < -0.39 is 65.4 Å². The molecule has 4 aliphatic carbocycles. The molecule has 0 saturated heterocycles. The first-order valence-corrected chi connectivity index (χ1v) is 16.3. The normalized spacial score (nSPS) is 36.4. The molecule has 0 aromatic heterocycles. The Bertz CT molecular complexity index is 1060. The first-order valence-electron chi connectivity index (χ1n) is 16.3. The van der Waals surface area contributed by atoms with E-state index in [0.29, 0.717) is 57.8 Å². The highest BCUT2D eigenvalue weighted by Gasteiger charge is 2.45. The number of hydrogen-bond donors (Lipinski definition) is 7. The second-order valence-electron chi connectivity index (χ2n) is 13.5. The number of nitrogens with one attached hydrogen (secondary N) is 2. The van der Waals surface area contributed by atoms with Crippen LogP contribution in [0, 0.1) is 41.4 Å². The van der Waals surface area contributed by atoms with Crippen LogP contribution in [-0.4, -0.2) is 86.5 Å². The summed E-state index contributed by atoms with van der Waals surface area (Å²) in [6.45, 7) is 0.113. The van der Waals surface area contributed by atoms with Crippen molar-refractivity contribution in [2.24, 2.45) is 41.4 Å². The molecule has 1 amide bonds. The van der Waals surface area contributed by atoms with Gasteiger partial charge in [0.2, 0.25) is 5.91 Å². The quantitative estimate of drug-likeness (QED) is 0.114. The Morgan fingerprint density at radius 2 is 1.11 bits per heavy atom. The maximum Gasteiger partial charge on any atom is 0.307 e. The average molecular weight is 641 g/mol. The van der Waals surface area contributed by atoms with Crippen LogP contribution in [0.5, 0.6) is 0 Å². The lowest BCUT2D eigenvalue weighted by molar-refractivity contribution is -0.154. The van der Waals surface area contributed by atoms with Crippen LogP contribution in [0.4, 0.5) is 0 Å². The SMILES string of the molecule is O=C(O)C1CCC(C(=O)O)C(C(=O)NC2CCC(OCOC3CCC(C(NO)C4CC(C(=O)O)CCC4C(=O)O)CC3)CC2)C1. The maximum absolute atomic E-state index is 13.0. The van der Waals surface area contributed by atoms with Crippen molar-refractivity contribution in [1.29, 1.82) is 0 Å². The third kappa shape index (κ3) is 9.14. The molecule has 14 heteroatoms. The molecular formula is C31H48N2O12. The Kier molecular flexibility index (Phi) is 12.6. The number of ether oxygens (including phenoxy) is 2. The predicted molar refractivity (Wildman–Crippen MR) is 155 cm³/mol. The van der Waals surface area contributed by atoms with Crippen LogP contribution >= 0.6 is 0 Å². The van der Waals surface area contributed by atoms with Crippen LogP contribution in [0.15, 0.2) is 0 Å². The topological polar surface area (TPSA) is 229 Å². The molecule has 14 nitrogen and oxygen atoms in total. The molecule has 4 rings (SSSR count). The van der Waals surface area contributed by atoms with Crippen LogP contribution in [0.3, 0.4) is 0 Å². The summed E-state index contributed by atoms with van der Waals surface area (Å²) in [6, 6.07) is -0.634. The van der Waals surface area contributed by atoms with E-state index in [4.69, 9.17) is 9.47 Å². The lowest BCUT2D eigenvalue weighted by Crippen LogP contribution is -2.49. The summed E-state index contributed by atoms with van der Waals surface area (Å²) in [7, 11) is 0. The monoisotopic (exact) mass is 640 g/mol. The second-order valence-corrected chi connectivity index (χ2v) is 13.5. The number of carbonyl (C=O) groups excluding carboxylic acids is 1. The number of hydrogen-bond acceptors (Lipinski definition) is 9. The van der Waals surface area contributed by atoms with Crippen molar-refractivity contribution in [2.75, 3.05) is 6.79 Å². The summed E-state index contributed by atoms with van der Waals surface area (Å²) in [5.74, 6) is -8.59. The highest BCUT2D eigenvalue weighted by molar-refractivity contribution is 5.86. The third-order valence-corrected chi connectivity index (χ3v) is 10.9. The van der Waals surface area contributed by atoms with Crippen molar-refractivity contribution in [2.45, 2.75) is 114 Å². The van der Waals surface area contributed by atoms with Crippen LogP contribution in [0.25, 0.3) is 0 Å². The summed E-state index contributed by atoms with van der Waals surface area (Å²) in [5.41, 5.74) is 2.34. The van der Waals surface area contributed by atoms with E-state index in [1.54, 1.807) is 0 Å². The minimum absolute atomic E-state index is 0.00458. The van der Waals surface area contributed by atoms with Crippen molar-refractivity contribution >= 4 is 29.8 Å². The molecule has 4 saturated carbocycles. The largest absolute Gasteiger partial charge is 0.481 e. The van der Waals surface area contributed by atoms with Gasteiger partial charge in [0, 0.05) is 12.1 Å². The van der Waals surface area contributed by atoms with Crippen molar-refractivity contribution in [3.05, 3.63) is 0 Å². The third-order valence-electron chi connectivity index (χ3n) is 10.9. The molecule has 0 aromatic rings. The smallest absolute Gasteiger partial charge is 0.307 e. The molecule has 0 bridgehead atoms. The minimum atomic E-state index is -1.07. The zero-order valence-corrected chi connectivity index (χ0v) is 25.6. The number of carboxylic acids is 4. The fourth-order valence-corrected chi connectivity index (χ4v) is 8.19. The molecule has 0 heterocycles. The van der Waals surface area contributed by atoms with Crippen molar-refractivity contribution in [3.63, 3.8) is 0 Å². The van der Waals surface area contributed by atoms with Crippen LogP contribution < -0.4 is 10.8 Å². The molecule has 7 N–H and O–H groups in total. The van der Waals surface area contributed by atoms with Gasteiger partial charge in [0.1, 0.15) is 6.79 Å². The number of aliphatic carboxylic acids is 4. The molecule has 254 valence electrons. The second kappa shape index (κ2) is 16.1. The molecule has 7 atom stereocenters. The minimum Gasteiger partial charge on any atom is -0.481 e. The van der Waals surface area contributed by atoms with Gasteiger partial charge in [-0.05, 0) is 102 Å². The number of carboxylic acid groups (broad SMARTS) is 4. The van der Waals surface area contributed by atoms with Gasteiger partial charge in [-0.1, -0.05) is 0 Å². The molecule has 4 aliphatic rings. The first kappa shape index (κ1) is 35.1. The number of amides is 1. The fraction of sp³-hybridized carbons (Fsp3) is 0.839. The van der Waals surface area contributed by atoms with E-state index in [9.17, 15) is 49.6 Å². The predicted octanol–water partition coefficient (Wildman–Crippen LogP) is 2.71. The Hall–Kier alpha value is -2.81. The standard InChI is InChI=1S/C31H48N2O12/c34-27(25-14-18(29(37)38)4-12-23(25)31(41)42)32-19-5-9-21(10-6-19)45-15-44-20-7-1-16(2-8-20)26(33-43)24-13-17(28(35)36)3-11-22(24)30(39)40/h16-26,33,43H,1-15H2,(H,32,34)(H,35,36)(H,37,38)(H,39,40)(H,41,42). The van der Waals surface area contributed by atoms with Gasteiger partial charge in [-0.25, -0.2) is 5.48 Å². The van der Waals surface area contributed by atoms with Crippen molar-refractivity contribution in [3.8, 4) is 0 Å². The van der Waals surface area contributed by atoms with Gasteiger partial charge in [0.25, 0.3) is 0 Å². The van der Waals surface area contributed by atoms with Crippen LogP contribution in [0.2, 0.25) is 0 Å². The Morgan fingerprint density at radius 3 is 1.62 bits per heavy atom. The molecule has 45 heavy (non-hydrogen) atoms. The maximum atomic E-state index is 13.0. The Labute approximate surface area is 262 Å². The van der Waals surface area contributed by atoms with E-state index in [-0.39, 0.29) is 69.0 Å². The van der Waals surface area contributed by atoms with E-state index in [0.717, 1.165) is 0 Å². The fourth-order valence-electron chi connectivity index (χ4n) is 8.19. The van der Waals surface area contributed by atoms with Gasteiger partial charge in [0.05, 0.1) is 41.8 Å². The van der Waals surface area contributed by atoms with Gasteiger partial charge in [0.15, 0.2) is 0 Å². The summed E-state index contributed by atoms with van der Waals surface area (Å²) < 4.78 is 11.9. The summed E-state index contributed by atoms with van der Waals surface area (Å²) in [6.07, 6.45) is 6.70. The molecule has 0 aromatic carbocycles. The summed E-state index contributed by atoms with van der Waals surface area (Å²) >= 11 is 0. The number of carbonyl (C=O) groups is 5. The highest BCUT2D eigenvalue weighted by Crippen LogP contribution is 2.42. The summed E-state index contributed by atoms with van der Waals surface area (Å²) in [5, 5.41) is 51.1. The average Bonchev–Trinajstić information content (AvgIpc) is 3.02. The lowest BCUT2D eigenvalue weighted by Gasteiger charge is -2.42. The van der Waals surface area contributed by atoms with E-state index in [1.807, 2.05) is 0 Å². The molecule has 7 unspecified atom stereocenters. The van der Waals surface area contributed by atoms with Gasteiger partial charge < -0.3 is 40.4 Å². The van der Waals surface area contributed by atoms with E-state index in [2.05, 4.69) is 10.8 Å². The number of rotatable bonds is 13. The highest BCUT2D eigenvalue weighted by atomic mass is 16.7. The van der Waals surface area contributed by atoms with Crippen LogP contribution in [0.1, 0.15) is 89.9 Å². The van der Waals surface area contributed by atoms with E-state index in [1.165, 1.54) is 0 Å². The van der Waals surface area contributed by atoms with Crippen molar-refractivity contribution < 1.29 is 59.1 Å². The van der Waals surface area contributed by atoms with Gasteiger partial charge in [-0.2, -0.15) is 0 Å². The van der Waals surface area contributed by atoms with Gasteiger partial charge >= 0.3 is 23.9 Å². The first-order chi connectivity index (χ1) is 21.5. The zero-order chi connectivity index (χ0) is 32.7. The zero-order valence-electron chi connectivity index (χ0n) is 25.6. The van der Waals surface area contributed by atoms with E-state index >= 15 is 0 Å². The number of hydroxylamine groups is 1. The Morgan fingerprint density at radius 1 is 0.600 bits per heavy atom. The lowest BCUT2D eigenvalue weighted by atomic mass is 9.66. The molecule has 0 radical (unpaired) electrons. The molecular weight excluding hydrogens is 592 g/mol.